The Balaban J connectivity index is 1.38. The molecule has 4 aromatic rings. The lowest BCUT2D eigenvalue weighted by Crippen LogP contribution is -2.44. The lowest BCUT2D eigenvalue weighted by molar-refractivity contribution is 0.464. The van der Waals surface area contributed by atoms with Crippen LogP contribution in [0.15, 0.2) is 70.9 Å². The Kier molecular flexibility index (Phi) is 7.27. The fourth-order valence-corrected chi connectivity index (χ4v) is 3.83. The van der Waals surface area contributed by atoms with Gasteiger partial charge in [-0.15, -0.1) is 0 Å². The Morgan fingerprint density at radius 1 is 0.765 bits per heavy atom. The number of halogens is 2. The fourth-order valence-electron chi connectivity index (χ4n) is 3.19. The molecule has 0 radical (unpaired) electrons. The third-order valence-electron chi connectivity index (χ3n) is 4.91. The van der Waals surface area contributed by atoms with Crippen LogP contribution in [0.2, 0.25) is 10.3 Å². The number of para-hydroxylation sites is 2. The molecular weight excluding hydrogens is 473 g/mol. The van der Waals surface area contributed by atoms with Crippen molar-refractivity contribution in [2.45, 2.75) is 20.1 Å². The molecule has 11 heteroatoms. The highest BCUT2D eigenvalue weighted by Gasteiger charge is 2.14. The zero-order valence-corrected chi connectivity index (χ0v) is 20.0. The molecule has 0 bridgehead atoms. The summed E-state index contributed by atoms with van der Waals surface area (Å²) in [5.74, 6) is 0. The zero-order valence-electron chi connectivity index (χ0n) is 18.5. The SMILES string of the molecule is Cc1nn(-c2ccccc2)c(Cl)c1/C=N/NC(N)N/N=C/c1c(C)nn(-c2ccccc2)c1Cl. The molecule has 0 spiro atoms. The lowest BCUT2D eigenvalue weighted by Gasteiger charge is -2.09. The van der Waals surface area contributed by atoms with Crippen LogP contribution in [0.1, 0.15) is 22.5 Å². The number of hydrazone groups is 2. The van der Waals surface area contributed by atoms with E-state index in [-0.39, 0.29) is 0 Å². The van der Waals surface area contributed by atoms with Gasteiger partial charge >= 0.3 is 0 Å². The molecule has 0 aliphatic carbocycles. The van der Waals surface area contributed by atoms with Crippen molar-refractivity contribution < 1.29 is 0 Å². The van der Waals surface area contributed by atoms with Gasteiger partial charge in [-0.1, -0.05) is 59.6 Å². The fraction of sp³-hybridized carbons (Fsp3) is 0.130. The number of hydrogen-bond donors (Lipinski definition) is 3. The maximum absolute atomic E-state index is 6.50. The van der Waals surface area contributed by atoms with Crippen molar-refractivity contribution in [3.05, 3.63) is 93.5 Å². The molecule has 0 fully saturated rings. The molecule has 2 aromatic carbocycles. The standard InChI is InChI=1S/C23H23Cl2N9/c1-15-19(21(24)33(31-15)17-9-5-3-6-10-17)13-27-29-23(26)30-28-14-20-16(2)32-34(22(20)25)18-11-7-4-8-12-18/h3-14,23,29-30H,26H2,1-2H3/b27-13+,28-14+. The molecule has 0 saturated carbocycles. The van der Waals surface area contributed by atoms with Crippen LogP contribution in [0.3, 0.4) is 0 Å². The van der Waals surface area contributed by atoms with Gasteiger partial charge in [-0.3, -0.25) is 16.6 Å². The van der Waals surface area contributed by atoms with Crippen LogP contribution in [-0.2, 0) is 0 Å². The third kappa shape index (κ3) is 5.12. The lowest BCUT2D eigenvalue weighted by atomic mass is 10.3. The van der Waals surface area contributed by atoms with Crippen LogP contribution in [0.5, 0.6) is 0 Å². The first-order valence-corrected chi connectivity index (χ1v) is 11.1. The van der Waals surface area contributed by atoms with E-state index in [9.17, 15) is 0 Å². The van der Waals surface area contributed by atoms with Crippen molar-refractivity contribution in [2.24, 2.45) is 15.9 Å². The van der Waals surface area contributed by atoms with Gasteiger partial charge in [-0.05, 0) is 38.1 Å². The summed E-state index contributed by atoms with van der Waals surface area (Å²) in [4.78, 5) is 0. The summed E-state index contributed by atoms with van der Waals surface area (Å²) in [6.07, 6.45) is 2.39. The molecule has 9 nitrogen and oxygen atoms in total. The van der Waals surface area contributed by atoms with Crippen molar-refractivity contribution >= 4 is 35.6 Å². The Morgan fingerprint density at radius 3 is 1.53 bits per heavy atom. The molecule has 174 valence electrons. The highest BCUT2D eigenvalue weighted by atomic mass is 35.5. The molecule has 0 aliphatic heterocycles. The van der Waals surface area contributed by atoms with Gasteiger partial charge in [-0.2, -0.15) is 20.4 Å². The summed E-state index contributed by atoms with van der Waals surface area (Å²) in [6.45, 7) is 3.72. The van der Waals surface area contributed by atoms with E-state index in [0.29, 0.717) is 21.4 Å². The van der Waals surface area contributed by atoms with E-state index in [1.165, 1.54) is 0 Å². The largest absolute Gasteiger partial charge is 0.292 e. The molecule has 0 unspecified atom stereocenters. The number of aromatic nitrogens is 4. The second kappa shape index (κ2) is 10.5. The average molecular weight is 496 g/mol. The van der Waals surface area contributed by atoms with Gasteiger partial charge in [0.1, 0.15) is 10.3 Å². The average Bonchev–Trinajstić information content (AvgIpc) is 3.30. The van der Waals surface area contributed by atoms with E-state index in [2.05, 4.69) is 31.3 Å². The molecule has 2 heterocycles. The van der Waals surface area contributed by atoms with Crippen molar-refractivity contribution in [2.75, 3.05) is 0 Å². The van der Waals surface area contributed by atoms with E-state index >= 15 is 0 Å². The Morgan fingerprint density at radius 2 is 1.15 bits per heavy atom. The number of hydrogen-bond acceptors (Lipinski definition) is 7. The van der Waals surface area contributed by atoms with Crippen LogP contribution in [0.25, 0.3) is 11.4 Å². The first-order valence-electron chi connectivity index (χ1n) is 10.4. The smallest absolute Gasteiger partial charge is 0.180 e. The summed E-state index contributed by atoms with van der Waals surface area (Å²) >= 11 is 13.0. The van der Waals surface area contributed by atoms with E-state index in [1.54, 1.807) is 21.8 Å². The number of nitrogens with two attached hydrogens (primary N) is 1. The van der Waals surface area contributed by atoms with Gasteiger partial charge in [0.05, 0.1) is 46.3 Å². The monoisotopic (exact) mass is 495 g/mol. The summed E-state index contributed by atoms with van der Waals surface area (Å²) in [6, 6.07) is 19.2. The van der Waals surface area contributed by atoms with Crippen molar-refractivity contribution in [3.63, 3.8) is 0 Å². The van der Waals surface area contributed by atoms with Gasteiger partial charge < -0.3 is 0 Å². The summed E-state index contributed by atoms with van der Waals surface area (Å²) in [5, 5.41) is 18.2. The minimum Gasteiger partial charge on any atom is -0.292 e. The predicted octanol–water partition coefficient (Wildman–Crippen LogP) is 3.77. The molecule has 34 heavy (non-hydrogen) atoms. The van der Waals surface area contributed by atoms with Crippen LogP contribution < -0.4 is 16.6 Å². The third-order valence-corrected chi connectivity index (χ3v) is 5.64. The molecular formula is C23H23Cl2N9. The van der Waals surface area contributed by atoms with Crippen LogP contribution in [0.4, 0.5) is 0 Å². The summed E-state index contributed by atoms with van der Waals surface area (Å²) in [5.41, 5.74) is 16.1. The number of aryl methyl sites for hydroxylation is 2. The van der Waals surface area contributed by atoms with Gasteiger partial charge in [0.15, 0.2) is 6.29 Å². The number of benzene rings is 2. The first kappa shape index (κ1) is 23.5. The normalized spacial score (nSPS) is 11.7. The van der Waals surface area contributed by atoms with Gasteiger partial charge in [0.25, 0.3) is 0 Å². The van der Waals surface area contributed by atoms with Crippen molar-refractivity contribution in [3.8, 4) is 11.4 Å². The minimum atomic E-state index is -0.751. The zero-order chi connectivity index (χ0) is 24.1. The maximum Gasteiger partial charge on any atom is 0.180 e. The van der Waals surface area contributed by atoms with Crippen molar-refractivity contribution in [1.82, 2.24) is 30.4 Å². The topological polar surface area (TPSA) is 110 Å². The van der Waals surface area contributed by atoms with E-state index in [4.69, 9.17) is 28.9 Å². The summed E-state index contributed by atoms with van der Waals surface area (Å²) < 4.78 is 3.31. The molecule has 4 rings (SSSR count). The van der Waals surface area contributed by atoms with Crippen LogP contribution in [-0.4, -0.2) is 38.3 Å². The second-order valence-electron chi connectivity index (χ2n) is 7.33. The molecule has 0 saturated heterocycles. The Hall–Kier alpha value is -3.66. The van der Waals surface area contributed by atoms with E-state index in [1.807, 2.05) is 74.5 Å². The maximum atomic E-state index is 6.50. The molecule has 2 aromatic heterocycles. The van der Waals surface area contributed by atoms with Gasteiger partial charge in [-0.25, -0.2) is 9.36 Å². The van der Waals surface area contributed by atoms with E-state index in [0.717, 1.165) is 22.8 Å². The number of nitrogens with zero attached hydrogens (tertiary/aromatic N) is 6. The van der Waals surface area contributed by atoms with E-state index < -0.39 is 6.29 Å². The number of nitrogens with one attached hydrogen (secondary N) is 2. The van der Waals surface area contributed by atoms with Crippen molar-refractivity contribution in [1.29, 1.82) is 0 Å². The van der Waals surface area contributed by atoms with Crippen LogP contribution >= 0.6 is 23.2 Å². The first-order chi connectivity index (χ1) is 16.5. The Labute approximate surface area is 206 Å². The molecule has 0 atom stereocenters. The number of rotatable bonds is 8. The second-order valence-corrected chi connectivity index (χ2v) is 8.04. The van der Waals surface area contributed by atoms with Gasteiger partial charge in [0.2, 0.25) is 0 Å². The van der Waals surface area contributed by atoms with Crippen LogP contribution in [0, 0.1) is 13.8 Å². The highest BCUT2D eigenvalue weighted by molar-refractivity contribution is 6.32. The summed E-state index contributed by atoms with van der Waals surface area (Å²) in [7, 11) is 0. The predicted molar refractivity (Wildman–Crippen MR) is 136 cm³/mol. The molecule has 0 aliphatic rings. The minimum absolute atomic E-state index is 0.453. The Bertz CT molecular complexity index is 1210. The molecule has 4 N–H and O–H groups in total. The molecule has 0 amide bonds. The highest BCUT2D eigenvalue weighted by Crippen LogP contribution is 2.23. The quantitative estimate of drug-likeness (QED) is 0.195. The van der Waals surface area contributed by atoms with Gasteiger partial charge in [0, 0.05) is 0 Å².